The molecule has 3 heteroatoms. The van der Waals surface area contributed by atoms with E-state index < -0.39 is 0 Å². The number of ether oxygens (including phenoxy) is 1. The van der Waals surface area contributed by atoms with Gasteiger partial charge in [-0.2, -0.15) is 0 Å². The Kier molecular flexibility index (Phi) is 6.76. The van der Waals surface area contributed by atoms with E-state index in [1.807, 2.05) is 6.92 Å². The predicted octanol–water partition coefficient (Wildman–Crippen LogP) is 3.13. The summed E-state index contributed by atoms with van der Waals surface area (Å²) >= 11 is 0. The van der Waals surface area contributed by atoms with Crippen LogP contribution >= 0.6 is 0 Å². The summed E-state index contributed by atoms with van der Waals surface area (Å²) < 4.78 is 5.88. The van der Waals surface area contributed by atoms with Gasteiger partial charge in [0.25, 0.3) is 0 Å². The zero-order chi connectivity index (χ0) is 13.5. The number of amides is 1. The number of nitrogens with one attached hydrogen (secondary N) is 1. The SMILES string of the molecule is CCCC(=O)NCCC(C)(C)OCC(C)(C)C. The van der Waals surface area contributed by atoms with Gasteiger partial charge >= 0.3 is 0 Å². The zero-order valence-electron chi connectivity index (χ0n) is 12.4. The molecule has 0 atom stereocenters. The molecule has 0 heterocycles. The molecule has 0 bridgehead atoms. The van der Waals surface area contributed by atoms with Gasteiger partial charge in [-0.05, 0) is 32.1 Å². The van der Waals surface area contributed by atoms with E-state index in [9.17, 15) is 4.79 Å². The minimum absolute atomic E-state index is 0.138. The molecule has 0 aromatic rings. The van der Waals surface area contributed by atoms with Gasteiger partial charge in [0.2, 0.25) is 5.91 Å². The van der Waals surface area contributed by atoms with Crippen LogP contribution in [0.2, 0.25) is 0 Å². The van der Waals surface area contributed by atoms with E-state index in [0.29, 0.717) is 13.0 Å². The second kappa shape index (κ2) is 7.00. The number of rotatable bonds is 7. The van der Waals surface area contributed by atoms with Crippen molar-refractivity contribution in [3.63, 3.8) is 0 Å². The Morgan fingerprint density at radius 3 is 2.24 bits per heavy atom. The quantitative estimate of drug-likeness (QED) is 0.746. The molecule has 0 aliphatic carbocycles. The van der Waals surface area contributed by atoms with Gasteiger partial charge in [0.05, 0.1) is 12.2 Å². The number of hydrogen-bond acceptors (Lipinski definition) is 2. The van der Waals surface area contributed by atoms with Crippen molar-refractivity contribution < 1.29 is 9.53 Å². The first-order valence-corrected chi connectivity index (χ1v) is 6.57. The summed E-state index contributed by atoms with van der Waals surface area (Å²) in [5, 5.41) is 2.92. The third kappa shape index (κ3) is 10.3. The van der Waals surface area contributed by atoms with Gasteiger partial charge in [-0.1, -0.05) is 27.7 Å². The molecule has 0 aliphatic rings. The van der Waals surface area contributed by atoms with Crippen molar-refractivity contribution >= 4 is 5.91 Å². The van der Waals surface area contributed by atoms with Crippen LogP contribution in [0.15, 0.2) is 0 Å². The molecule has 0 spiro atoms. The highest BCUT2D eigenvalue weighted by molar-refractivity contribution is 5.75. The maximum Gasteiger partial charge on any atom is 0.219 e. The average molecular weight is 243 g/mol. The van der Waals surface area contributed by atoms with Crippen molar-refractivity contribution in [3.05, 3.63) is 0 Å². The number of carbonyl (C=O) groups excluding carboxylic acids is 1. The molecular weight excluding hydrogens is 214 g/mol. The lowest BCUT2D eigenvalue weighted by atomic mass is 9.97. The number of hydrogen-bond donors (Lipinski definition) is 1. The first kappa shape index (κ1) is 16.4. The minimum atomic E-state index is -0.174. The first-order chi connectivity index (χ1) is 7.66. The Bertz CT molecular complexity index is 229. The predicted molar refractivity (Wildman–Crippen MR) is 72.0 cm³/mol. The second-order valence-corrected chi connectivity index (χ2v) is 6.46. The fourth-order valence-corrected chi connectivity index (χ4v) is 1.30. The smallest absolute Gasteiger partial charge is 0.219 e. The molecule has 0 fully saturated rings. The largest absolute Gasteiger partial charge is 0.375 e. The van der Waals surface area contributed by atoms with E-state index in [-0.39, 0.29) is 16.9 Å². The molecule has 0 aliphatic heterocycles. The Morgan fingerprint density at radius 1 is 1.18 bits per heavy atom. The lowest BCUT2D eigenvalue weighted by molar-refractivity contribution is -0.121. The summed E-state index contributed by atoms with van der Waals surface area (Å²) in [4.78, 5) is 11.3. The normalized spacial score (nSPS) is 12.6. The summed E-state index contributed by atoms with van der Waals surface area (Å²) in [5.74, 6) is 0.138. The Balaban J connectivity index is 3.82. The van der Waals surface area contributed by atoms with Gasteiger partial charge in [-0.25, -0.2) is 0 Å². The summed E-state index contributed by atoms with van der Waals surface area (Å²) in [7, 11) is 0. The van der Waals surface area contributed by atoms with Crippen molar-refractivity contribution in [2.24, 2.45) is 5.41 Å². The highest BCUT2D eigenvalue weighted by atomic mass is 16.5. The van der Waals surface area contributed by atoms with Gasteiger partial charge in [0.1, 0.15) is 0 Å². The van der Waals surface area contributed by atoms with Crippen LogP contribution < -0.4 is 5.32 Å². The van der Waals surface area contributed by atoms with Crippen molar-refractivity contribution in [2.45, 2.75) is 66.4 Å². The van der Waals surface area contributed by atoms with Crippen molar-refractivity contribution in [1.82, 2.24) is 5.32 Å². The molecule has 0 saturated carbocycles. The summed E-state index contributed by atoms with van der Waals surface area (Å²) in [6, 6.07) is 0. The van der Waals surface area contributed by atoms with Crippen molar-refractivity contribution in [1.29, 1.82) is 0 Å². The lowest BCUT2D eigenvalue weighted by Gasteiger charge is -2.30. The highest BCUT2D eigenvalue weighted by Gasteiger charge is 2.21. The molecule has 0 radical (unpaired) electrons. The maximum atomic E-state index is 11.3. The molecule has 1 amide bonds. The van der Waals surface area contributed by atoms with E-state index in [1.54, 1.807) is 0 Å². The van der Waals surface area contributed by atoms with Crippen LogP contribution in [0.3, 0.4) is 0 Å². The molecule has 0 saturated heterocycles. The molecule has 0 unspecified atom stereocenters. The highest BCUT2D eigenvalue weighted by Crippen LogP contribution is 2.20. The van der Waals surface area contributed by atoms with E-state index in [2.05, 4.69) is 39.9 Å². The van der Waals surface area contributed by atoms with Crippen LogP contribution in [0, 0.1) is 5.41 Å². The zero-order valence-corrected chi connectivity index (χ0v) is 12.4. The van der Waals surface area contributed by atoms with Crippen molar-refractivity contribution in [3.8, 4) is 0 Å². The fourth-order valence-electron chi connectivity index (χ4n) is 1.30. The first-order valence-electron chi connectivity index (χ1n) is 6.57. The standard InChI is InChI=1S/C14H29NO2/c1-7-8-12(16)15-10-9-14(5,6)17-11-13(2,3)4/h7-11H2,1-6H3,(H,15,16). The molecule has 102 valence electrons. The number of carbonyl (C=O) groups is 1. The second-order valence-electron chi connectivity index (χ2n) is 6.46. The minimum Gasteiger partial charge on any atom is -0.375 e. The Morgan fingerprint density at radius 2 is 1.76 bits per heavy atom. The van der Waals surface area contributed by atoms with Crippen LogP contribution in [0.25, 0.3) is 0 Å². The Hall–Kier alpha value is -0.570. The molecule has 1 N–H and O–H groups in total. The van der Waals surface area contributed by atoms with Gasteiger partial charge < -0.3 is 10.1 Å². The van der Waals surface area contributed by atoms with Gasteiger partial charge in [-0.3, -0.25) is 4.79 Å². The van der Waals surface area contributed by atoms with E-state index in [0.717, 1.165) is 19.4 Å². The van der Waals surface area contributed by atoms with Crippen LogP contribution in [0.5, 0.6) is 0 Å². The molecule has 0 rings (SSSR count). The van der Waals surface area contributed by atoms with E-state index >= 15 is 0 Å². The fraction of sp³-hybridized carbons (Fsp3) is 0.929. The Labute approximate surface area is 106 Å². The van der Waals surface area contributed by atoms with Crippen LogP contribution in [-0.4, -0.2) is 24.7 Å². The molecule has 0 aromatic carbocycles. The van der Waals surface area contributed by atoms with Crippen LogP contribution in [-0.2, 0) is 9.53 Å². The van der Waals surface area contributed by atoms with Gasteiger partial charge in [0.15, 0.2) is 0 Å². The van der Waals surface area contributed by atoms with Crippen molar-refractivity contribution in [2.75, 3.05) is 13.2 Å². The maximum absolute atomic E-state index is 11.3. The van der Waals surface area contributed by atoms with E-state index in [4.69, 9.17) is 4.74 Å². The molecular formula is C14H29NO2. The monoisotopic (exact) mass is 243 g/mol. The summed E-state index contributed by atoms with van der Waals surface area (Å²) in [5.41, 5.74) is 0.00943. The summed E-state index contributed by atoms with van der Waals surface area (Å²) in [6.07, 6.45) is 2.36. The molecule has 17 heavy (non-hydrogen) atoms. The average Bonchev–Trinajstić information content (AvgIpc) is 2.14. The third-order valence-electron chi connectivity index (χ3n) is 2.42. The van der Waals surface area contributed by atoms with Crippen LogP contribution in [0.1, 0.15) is 60.8 Å². The van der Waals surface area contributed by atoms with Gasteiger partial charge in [0, 0.05) is 13.0 Å². The van der Waals surface area contributed by atoms with Crippen LogP contribution in [0.4, 0.5) is 0 Å². The molecule has 0 aromatic heterocycles. The summed E-state index contributed by atoms with van der Waals surface area (Å²) in [6.45, 7) is 14.1. The lowest BCUT2D eigenvalue weighted by Crippen LogP contribution is -2.34. The third-order valence-corrected chi connectivity index (χ3v) is 2.42. The topological polar surface area (TPSA) is 38.3 Å². The molecule has 3 nitrogen and oxygen atoms in total. The van der Waals surface area contributed by atoms with E-state index in [1.165, 1.54) is 0 Å². The van der Waals surface area contributed by atoms with Gasteiger partial charge in [-0.15, -0.1) is 0 Å².